The molecule has 4 amide bonds. The van der Waals surface area contributed by atoms with Gasteiger partial charge in [-0.1, -0.05) is 6.07 Å². The molecule has 9 nitrogen and oxygen atoms in total. The van der Waals surface area contributed by atoms with Gasteiger partial charge in [-0.25, -0.2) is 4.79 Å². The molecule has 0 unspecified atom stereocenters. The molecule has 1 heterocycles. The van der Waals surface area contributed by atoms with Gasteiger partial charge < -0.3 is 15.4 Å². The highest BCUT2D eigenvalue weighted by molar-refractivity contribution is 6.32. The number of carbonyl (C=O) groups is 5. The van der Waals surface area contributed by atoms with E-state index in [0.717, 1.165) is 4.90 Å². The number of imide groups is 1. The molecule has 1 saturated heterocycles. The van der Waals surface area contributed by atoms with Crippen LogP contribution in [0.25, 0.3) is 0 Å². The highest BCUT2D eigenvalue weighted by Crippen LogP contribution is 2.59. The van der Waals surface area contributed by atoms with Crippen LogP contribution in [0.3, 0.4) is 0 Å². The largest absolute Gasteiger partial charge is 0.452 e. The Kier molecular flexibility index (Phi) is 6.68. The van der Waals surface area contributed by atoms with Crippen LogP contribution in [-0.2, 0) is 23.9 Å². The third kappa shape index (κ3) is 4.57. The molecule has 2 aromatic carbocycles. The van der Waals surface area contributed by atoms with Gasteiger partial charge in [0.1, 0.15) is 0 Å². The van der Waals surface area contributed by atoms with Gasteiger partial charge in [0, 0.05) is 18.3 Å². The fraction of sp³-hybridized carbons (Fsp3) is 0.346. The van der Waals surface area contributed by atoms with Crippen molar-refractivity contribution in [1.29, 1.82) is 0 Å². The highest BCUT2D eigenvalue weighted by Gasteiger charge is 2.66. The molecule has 3 aliphatic rings. The molecule has 11 heteroatoms. The van der Waals surface area contributed by atoms with Crippen LogP contribution in [0.4, 0.5) is 17.1 Å². The van der Waals surface area contributed by atoms with E-state index in [4.69, 9.17) is 27.9 Å². The third-order valence-corrected chi connectivity index (χ3v) is 8.47. The molecule has 2 aliphatic carbocycles. The predicted molar refractivity (Wildman–Crippen MR) is 136 cm³/mol. The number of halogens is 2. The van der Waals surface area contributed by atoms with Crippen LogP contribution in [0, 0.1) is 23.7 Å². The molecule has 0 radical (unpaired) electrons. The molecule has 192 valence electrons. The van der Waals surface area contributed by atoms with E-state index in [-0.39, 0.29) is 51.6 Å². The summed E-state index contributed by atoms with van der Waals surface area (Å²) in [5.41, 5.74) is 1.39. The maximum atomic E-state index is 13.2. The summed E-state index contributed by atoms with van der Waals surface area (Å²) in [5.74, 6) is -3.49. The summed E-state index contributed by atoms with van der Waals surface area (Å²) in [6.45, 7) is 0.847. The molecular weight excluding hydrogens is 521 g/mol. The Labute approximate surface area is 222 Å². The lowest BCUT2D eigenvalue weighted by molar-refractivity contribution is -0.123. The molecule has 2 aromatic rings. The summed E-state index contributed by atoms with van der Waals surface area (Å²) in [4.78, 5) is 63.4. The molecule has 3 fully saturated rings. The van der Waals surface area contributed by atoms with Crippen LogP contribution < -0.4 is 15.5 Å². The molecule has 0 spiro atoms. The number of hydrogen-bond acceptors (Lipinski definition) is 6. The van der Waals surface area contributed by atoms with Gasteiger partial charge in [0.05, 0.1) is 33.8 Å². The maximum Gasteiger partial charge on any atom is 0.338 e. The Morgan fingerprint density at radius 2 is 1.49 bits per heavy atom. The van der Waals surface area contributed by atoms with Gasteiger partial charge in [-0.15, -0.1) is 23.2 Å². The Balaban J connectivity index is 1.21. The van der Waals surface area contributed by atoms with Crippen molar-refractivity contribution in [2.45, 2.75) is 24.1 Å². The number of ether oxygens (including phenoxy) is 1. The van der Waals surface area contributed by atoms with Crippen molar-refractivity contribution < 1.29 is 28.7 Å². The summed E-state index contributed by atoms with van der Waals surface area (Å²) in [7, 11) is 0. The molecule has 37 heavy (non-hydrogen) atoms. The molecule has 1 aliphatic heterocycles. The minimum Gasteiger partial charge on any atom is -0.452 e. The number of alkyl halides is 2. The Morgan fingerprint density at radius 1 is 0.919 bits per heavy atom. The Morgan fingerprint density at radius 3 is 2.05 bits per heavy atom. The zero-order valence-electron chi connectivity index (χ0n) is 19.6. The average Bonchev–Trinajstić information content (AvgIpc) is 3.48. The number of esters is 1. The van der Waals surface area contributed by atoms with Crippen LogP contribution in [-0.4, -0.2) is 47.0 Å². The zero-order valence-corrected chi connectivity index (χ0v) is 21.2. The first-order valence-electron chi connectivity index (χ1n) is 11.8. The van der Waals surface area contributed by atoms with E-state index < -0.39 is 30.3 Å². The van der Waals surface area contributed by atoms with Gasteiger partial charge in [0.15, 0.2) is 6.61 Å². The lowest BCUT2D eigenvalue weighted by atomic mass is 9.80. The van der Waals surface area contributed by atoms with Crippen molar-refractivity contribution in [3.63, 3.8) is 0 Å². The van der Waals surface area contributed by atoms with Crippen LogP contribution in [0.2, 0.25) is 0 Å². The van der Waals surface area contributed by atoms with Crippen molar-refractivity contribution in [3.8, 4) is 0 Å². The van der Waals surface area contributed by atoms with E-state index >= 15 is 0 Å². The van der Waals surface area contributed by atoms with Crippen molar-refractivity contribution >= 4 is 69.9 Å². The summed E-state index contributed by atoms with van der Waals surface area (Å²) in [6, 6.07) is 12.4. The normalized spacial score (nSPS) is 27.7. The predicted octanol–water partition coefficient (Wildman–Crippen LogP) is 3.41. The van der Waals surface area contributed by atoms with Crippen molar-refractivity contribution in [2.75, 3.05) is 22.1 Å². The second kappa shape index (κ2) is 9.79. The SMILES string of the molecule is CC(=O)Nc1ccc(NC(=O)COC(=O)c2cccc(N3C(=O)[C@@H]4[C@H]5C[C@@H]([C@H](Cl)[C@H]5Cl)[C@H]4C3=O)c2)cc1. The lowest BCUT2D eigenvalue weighted by Crippen LogP contribution is -2.37. The number of benzene rings is 2. The lowest BCUT2D eigenvalue weighted by Gasteiger charge is -2.28. The number of nitrogens with one attached hydrogen (secondary N) is 2. The van der Waals surface area contributed by atoms with Gasteiger partial charge in [0.2, 0.25) is 17.7 Å². The number of nitrogens with zero attached hydrogens (tertiary/aromatic N) is 1. The number of fused-ring (bicyclic) bond motifs is 5. The van der Waals surface area contributed by atoms with E-state index in [1.165, 1.54) is 19.1 Å². The second-order valence-electron chi connectivity index (χ2n) is 9.45. The van der Waals surface area contributed by atoms with Crippen LogP contribution in [0.5, 0.6) is 0 Å². The molecule has 5 rings (SSSR count). The van der Waals surface area contributed by atoms with E-state index in [1.54, 1.807) is 36.4 Å². The number of hydrogen-bond donors (Lipinski definition) is 2. The standard InChI is InChI=1S/C26H23Cl2N3O6/c1-12(32)29-14-5-7-15(8-6-14)30-19(33)11-37-26(36)13-3-2-4-16(9-13)31-24(34)20-17-10-18(21(20)25(31)35)23(28)22(17)27/h2-9,17-18,20-23H,10-11H2,1H3,(H,29,32)(H,30,33)/t17-,18-,20-,21-,22+,23+/m1/s1. The van der Waals surface area contributed by atoms with E-state index in [0.29, 0.717) is 17.8 Å². The fourth-order valence-corrected chi connectivity index (χ4v) is 6.52. The van der Waals surface area contributed by atoms with Crippen LogP contribution >= 0.6 is 23.2 Å². The van der Waals surface area contributed by atoms with Gasteiger partial charge in [-0.3, -0.25) is 24.1 Å². The van der Waals surface area contributed by atoms with Crippen LogP contribution in [0.1, 0.15) is 23.7 Å². The second-order valence-corrected chi connectivity index (χ2v) is 10.5. The summed E-state index contributed by atoms with van der Waals surface area (Å²) >= 11 is 12.8. The van der Waals surface area contributed by atoms with E-state index in [9.17, 15) is 24.0 Å². The van der Waals surface area contributed by atoms with Gasteiger partial charge >= 0.3 is 5.97 Å². The number of rotatable bonds is 6. The third-order valence-electron chi connectivity index (χ3n) is 7.15. The van der Waals surface area contributed by atoms with Crippen molar-refractivity contribution in [1.82, 2.24) is 0 Å². The quantitative estimate of drug-likeness (QED) is 0.327. The van der Waals surface area contributed by atoms with Crippen molar-refractivity contribution in [2.24, 2.45) is 23.7 Å². The van der Waals surface area contributed by atoms with E-state index in [1.807, 2.05) is 0 Å². The molecule has 2 saturated carbocycles. The van der Waals surface area contributed by atoms with Gasteiger partial charge in [0.25, 0.3) is 5.91 Å². The molecule has 2 bridgehead atoms. The maximum absolute atomic E-state index is 13.2. The first kappa shape index (κ1) is 25.2. The first-order chi connectivity index (χ1) is 17.7. The van der Waals surface area contributed by atoms with Gasteiger partial charge in [-0.2, -0.15) is 0 Å². The van der Waals surface area contributed by atoms with Crippen molar-refractivity contribution in [3.05, 3.63) is 54.1 Å². The Hall–Kier alpha value is -3.43. The topological polar surface area (TPSA) is 122 Å². The molecule has 2 N–H and O–H groups in total. The molecule has 6 atom stereocenters. The summed E-state index contributed by atoms with van der Waals surface area (Å²) in [6.07, 6.45) is 0.664. The average molecular weight is 544 g/mol. The zero-order chi connectivity index (χ0) is 26.4. The fourth-order valence-electron chi connectivity index (χ4n) is 5.63. The monoisotopic (exact) mass is 543 g/mol. The summed E-state index contributed by atoms with van der Waals surface area (Å²) in [5, 5.41) is 4.50. The van der Waals surface area contributed by atoms with Crippen LogP contribution in [0.15, 0.2) is 48.5 Å². The number of amides is 4. The highest BCUT2D eigenvalue weighted by atomic mass is 35.5. The van der Waals surface area contributed by atoms with E-state index in [2.05, 4.69) is 10.6 Å². The number of carbonyl (C=O) groups excluding carboxylic acids is 5. The molecule has 0 aromatic heterocycles. The minimum atomic E-state index is -0.779. The van der Waals surface area contributed by atoms with Gasteiger partial charge in [-0.05, 0) is 60.7 Å². The minimum absolute atomic E-state index is 0.0935. The number of anilines is 3. The smallest absolute Gasteiger partial charge is 0.338 e. The first-order valence-corrected chi connectivity index (χ1v) is 12.6. The molecular formula is C26H23Cl2N3O6. The summed E-state index contributed by atoms with van der Waals surface area (Å²) < 4.78 is 5.13. The Bertz CT molecular complexity index is 1270.